The minimum absolute atomic E-state index is 0.0196. The monoisotopic (exact) mass is 528 g/mol. The average molecular weight is 529 g/mol. The number of nitrogens with zero attached hydrogens (tertiary/aromatic N) is 1. The number of nitrogens with one attached hydrogen (secondary N) is 1. The lowest BCUT2D eigenvalue weighted by molar-refractivity contribution is -0.121. The number of unbranched alkanes of at least 4 members (excludes halogenated alkanes) is 1. The van der Waals surface area contributed by atoms with Crippen LogP contribution < -0.4 is 24.4 Å². The van der Waals surface area contributed by atoms with Crippen molar-refractivity contribution in [2.45, 2.75) is 19.8 Å². The Morgan fingerprint density at radius 3 is 2.61 bits per heavy atom. The van der Waals surface area contributed by atoms with Crippen LogP contribution in [0.1, 0.15) is 18.4 Å². The highest BCUT2D eigenvalue weighted by Crippen LogP contribution is 2.35. The van der Waals surface area contributed by atoms with Gasteiger partial charge < -0.3 is 24.4 Å². The molecule has 0 radical (unpaired) electrons. The molecule has 0 fully saturated rings. The first-order valence-corrected chi connectivity index (χ1v) is 12.3. The lowest BCUT2D eigenvalue weighted by Crippen LogP contribution is -2.39. The Hall–Kier alpha value is -3.42. The molecule has 188 valence electrons. The van der Waals surface area contributed by atoms with Crippen molar-refractivity contribution in [3.8, 4) is 17.2 Å². The summed E-state index contributed by atoms with van der Waals surface area (Å²) in [6.45, 7) is 2.85. The number of carbonyl (C=O) groups is 2. The van der Waals surface area contributed by atoms with Crippen LogP contribution in [0, 0.1) is 6.92 Å². The highest BCUT2D eigenvalue weighted by Gasteiger charge is 2.25. The molecule has 0 atom stereocenters. The molecule has 1 aliphatic heterocycles. The summed E-state index contributed by atoms with van der Waals surface area (Å²) in [4.78, 5) is 26.7. The molecule has 1 N–H and O–H groups in total. The summed E-state index contributed by atoms with van der Waals surface area (Å²) >= 11 is 12.0. The summed E-state index contributed by atoms with van der Waals surface area (Å²) in [5.74, 6) is 1.27. The van der Waals surface area contributed by atoms with Crippen molar-refractivity contribution in [3.05, 3.63) is 76.3 Å². The summed E-state index contributed by atoms with van der Waals surface area (Å²) in [5.41, 5.74) is 2.32. The largest absolute Gasteiger partial charge is 0.494 e. The van der Waals surface area contributed by atoms with Crippen molar-refractivity contribution in [3.63, 3.8) is 0 Å². The highest BCUT2D eigenvalue weighted by atomic mass is 35.5. The molecular weight excluding hydrogens is 503 g/mol. The van der Waals surface area contributed by atoms with Gasteiger partial charge in [-0.3, -0.25) is 9.59 Å². The quantitative estimate of drug-likeness (QED) is 0.331. The normalized spacial score (nSPS) is 12.5. The molecule has 0 aliphatic carbocycles. The first kappa shape index (κ1) is 25.7. The topological polar surface area (TPSA) is 77.1 Å². The second-order valence-electron chi connectivity index (χ2n) is 8.30. The Bertz CT molecular complexity index is 1230. The maximum Gasteiger partial charge on any atom is 0.265 e. The van der Waals surface area contributed by atoms with Crippen molar-refractivity contribution < 1.29 is 23.8 Å². The van der Waals surface area contributed by atoms with Gasteiger partial charge in [-0.2, -0.15) is 0 Å². The molecule has 9 heteroatoms. The van der Waals surface area contributed by atoms with Crippen molar-refractivity contribution in [2.75, 3.05) is 36.6 Å². The van der Waals surface area contributed by atoms with E-state index in [1.165, 1.54) is 5.56 Å². The Morgan fingerprint density at radius 2 is 1.83 bits per heavy atom. The molecule has 7 nitrogen and oxygen atoms in total. The number of anilines is 2. The lowest BCUT2D eigenvalue weighted by Gasteiger charge is -2.30. The number of benzene rings is 3. The van der Waals surface area contributed by atoms with Crippen LogP contribution in [0.15, 0.2) is 60.7 Å². The Balaban J connectivity index is 1.31. The van der Waals surface area contributed by atoms with Gasteiger partial charge in [-0.1, -0.05) is 40.9 Å². The van der Waals surface area contributed by atoms with Crippen LogP contribution in [0.25, 0.3) is 0 Å². The molecule has 1 aliphatic rings. The van der Waals surface area contributed by atoms with Gasteiger partial charge in [0.2, 0.25) is 0 Å². The molecule has 0 unspecified atom stereocenters. The average Bonchev–Trinajstić information content (AvgIpc) is 2.85. The Morgan fingerprint density at radius 1 is 1.03 bits per heavy atom. The van der Waals surface area contributed by atoms with Gasteiger partial charge in [0.15, 0.2) is 13.2 Å². The number of aryl methyl sites for hydroxylation is 1. The predicted octanol–water partition coefficient (Wildman–Crippen LogP) is 5.90. The third kappa shape index (κ3) is 6.83. The Kier molecular flexibility index (Phi) is 8.57. The van der Waals surface area contributed by atoms with Gasteiger partial charge in [0.1, 0.15) is 17.2 Å². The van der Waals surface area contributed by atoms with E-state index in [1.54, 1.807) is 41.3 Å². The zero-order valence-electron chi connectivity index (χ0n) is 19.8. The predicted molar refractivity (Wildman–Crippen MR) is 141 cm³/mol. The maximum atomic E-state index is 12.6. The van der Waals surface area contributed by atoms with Gasteiger partial charge in [0, 0.05) is 17.3 Å². The minimum atomic E-state index is -0.371. The van der Waals surface area contributed by atoms with Gasteiger partial charge in [0.05, 0.1) is 17.3 Å². The van der Waals surface area contributed by atoms with Gasteiger partial charge in [-0.15, -0.1) is 0 Å². The third-order valence-electron chi connectivity index (χ3n) is 5.50. The molecule has 1 heterocycles. The van der Waals surface area contributed by atoms with Crippen LogP contribution in [0.3, 0.4) is 0 Å². The number of hydrogen-bond donors (Lipinski definition) is 1. The first-order valence-electron chi connectivity index (χ1n) is 11.5. The maximum absolute atomic E-state index is 12.6. The van der Waals surface area contributed by atoms with Crippen LogP contribution in [-0.2, 0) is 9.59 Å². The van der Waals surface area contributed by atoms with Crippen molar-refractivity contribution in [1.82, 2.24) is 0 Å². The zero-order valence-corrected chi connectivity index (χ0v) is 21.3. The number of halogens is 2. The summed E-state index contributed by atoms with van der Waals surface area (Å²) in [6.07, 6.45) is 1.54. The van der Waals surface area contributed by atoms with E-state index < -0.39 is 0 Å². The fourth-order valence-electron chi connectivity index (χ4n) is 3.65. The smallest absolute Gasteiger partial charge is 0.265 e. The van der Waals surface area contributed by atoms with Crippen LogP contribution >= 0.6 is 23.2 Å². The SMILES string of the molecule is Cc1ccc(OCCCCN2C(=O)COc3ccc(NC(=O)COc4ccc(Cl)cc4Cl)cc32)cc1. The molecule has 4 rings (SSSR count). The molecule has 3 aromatic carbocycles. The first-order chi connectivity index (χ1) is 17.4. The fourth-order valence-corrected chi connectivity index (χ4v) is 4.12. The van der Waals surface area contributed by atoms with Gasteiger partial charge in [0.25, 0.3) is 11.8 Å². The molecule has 0 saturated heterocycles. The van der Waals surface area contributed by atoms with Crippen LogP contribution in [0.2, 0.25) is 10.0 Å². The number of amides is 2. The van der Waals surface area contributed by atoms with Crippen LogP contribution in [-0.4, -0.2) is 38.2 Å². The number of fused-ring (bicyclic) bond motifs is 1. The second kappa shape index (κ2) is 12.0. The molecule has 0 bridgehead atoms. The van der Waals surface area contributed by atoms with Gasteiger partial charge in [-0.05, 0) is 68.3 Å². The molecule has 2 amide bonds. The summed E-state index contributed by atoms with van der Waals surface area (Å²) < 4.78 is 16.8. The number of ether oxygens (including phenoxy) is 3. The van der Waals surface area contributed by atoms with Gasteiger partial charge in [-0.25, -0.2) is 0 Å². The molecule has 0 saturated carbocycles. The highest BCUT2D eigenvalue weighted by molar-refractivity contribution is 6.35. The standard InChI is InChI=1S/C27H26Cl2N2O5/c1-18-4-8-21(9-5-18)34-13-3-2-12-31-23-15-20(7-11-25(23)36-17-27(31)33)30-26(32)16-35-24-10-6-19(28)14-22(24)29/h4-11,14-15H,2-3,12-13,16-17H2,1H3,(H,30,32). The van der Waals surface area contributed by atoms with E-state index in [-0.39, 0.29) is 25.0 Å². The molecule has 0 aromatic heterocycles. The third-order valence-corrected chi connectivity index (χ3v) is 6.03. The van der Waals surface area contributed by atoms with Crippen LogP contribution in [0.4, 0.5) is 11.4 Å². The molecule has 36 heavy (non-hydrogen) atoms. The van der Waals surface area contributed by atoms with Crippen molar-refractivity contribution in [2.24, 2.45) is 0 Å². The lowest BCUT2D eigenvalue weighted by atomic mass is 10.2. The van der Waals surface area contributed by atoms with E-state index >= 15 is 0 Å². The summed E-state index contributed by atoms with van der Waals surface area (Å²) in [6, 6.07) is 17.9. The van der Waals surface area contributed by atoms with Gasteiger partial charge >= 0.3 is 0 Å². The molecule has 0 spiro atoms. The van der Waals surface area contributed by atoms with Crippen molar-refractivity contribution >= 4 is 46.4 Å². The van der Waals surface area contributed by atoms with E-state index in [2.05, 4.69) is 5.32 Å². The zero-order chi connectivity index (χ0) is 25.5. The summed E-state index contributed by atoms with van der Waals surface area (Å²) in [7, 11) is 0. The van der Waals surface area contributed by atoms with E-state index in [9.17, 15) is 9.59 Å². The molecular formula is C27H26Cl2N2O5. The summed E-state index contributed by atoms with van der Waals surface area (Å²) in [5, 5.41) is 3.58. The fraction of sp³-hybridized carbons (Fsp3) is 0.259. The van der Waals surface area contributed by atoms with Crippen molar-refractivity contribution in [1.29, 1.82) is 0 Å². The number of hydrogen-bond acceptors (Lipinski definition) is 5. The van der Waals surface area contributed by atoms with E-state index in [0.717, 1.165) is 18.6 Å². The number of rotatable bonds is 10. The molecule has 3 aromatic rings. The van der Waals surface area contributed by atoms with E-state index in [4.69, 9.17) is 37.4 Å². The minimum Gasteiger partial charge on any atom is -0.494 e. The number of carbonyl (C=O) groups excluding carboxylic acids is 2. The van der Waals surface area contributed by atoms with Crippen LogP contribution in [0.5, 0.6) is 17.2 Å². The second-order valence-corrected chi connectivity index (χ2v) is 9.14. The van der Waals surface area contributed by atoms with E-state index in [1.807, 2.05) is 31.2 Å². The van der Waals surface area contributed by atoms with E-state index in [0.29, 0.717) is 46.1 Å². The Labute approximate surface area is 219 Å².